The van der Waals surface area contributed by atoms with E-state index in [0.717, 1.165) is 29.2 Å². The van der Waals surface area contributed by atoms with Gasteiger partial charge in [-0.2, -0.15) is 0 Å². The molecule has 0 aliphatic carbocycles. The van der Waals surface area contributed by atoms with Crippen LogP contribution in [0, 0.1) is 11.2 Å². The topological polar surface area (TPSA) is 59.0 Å². The molecule has 0 spiro atoms. The zero-order chi connectivity index (χ0) is 21.4. The monoisotopic (exact) mass is 423 g/mol. The van der Waals surface area contributed by atoms with Gasteiger partial charge >= 0.3 is 6.16 Å². The van der Waals surface area contributed by atoms with E-state index in [1.165, 1.54) is 12.1 Å². The number of hydrogen-bond acceptors (Lipinski definition) is 5. The van der Waals surface area contributed by atoms with Crippen LogP contribution in [0.4, 0.5) is 9.18 Å². The molecule has 0 aromatic heterocycles. The Morgan fingerprint density at radius 1 is 1.31 bits per heavy atom. The van der Waals surface area contributed by atoms with Crippen molar-refractivity contribution in [1.82, 2.24) is 4.90 Å². The first-order valence-corrected chi connectivity index (χ1v) is 10.7. The summed E-state index contributed by atoms with van der Waals surface area (Å²) in [6.45, 7) is 7.67. The summed E-state index contributed by atoms with van der Waals surface area (Å²) in [5, 5.41) is 9.90. The number of allylic oxidation sites excluding steroid dienone is 1. The maximum Gasteiger partial charge on any atom is 0.511 e. The highest BCUT2D eigenvalue weighted by Crippen LogP contribution is 2.32. The van der Waals surface area contributed by atoms with Crippen LogP contribution in [-0.4, -0.2) is 48.2 Å². The average Bonchev–Trinajstić information content (AvgIpc) is 2.64. The molecule has 5 nitrogen and oxygen atoms in total. The molecule has 0 fully saturated rings. The molecule has 1 aliphatic heterocycles. The lowest BCUT2D eigenvalue weighted by Gasteiger charge is -2.37. The van der Waals surface area contributed by atoms with Crippen LogP contribution < -0.4 is 0 Å². The third-order valence-corrected chi connectivity index (χ3v) is 5.91. The highest BCUT2D eigenvalue weighted by molar-refractivity contribution is 8.03. The van der Waals surface area contributed by atoms with Crippen molar-refractivity contribution in [2.75, 3.05) is 26.0 Å². The lowest BCUT2D eigenvalue weighted by atomic mass is 9.88. The number of rotatable bonds is 9. The minimum absolute atomic E-state index is 0.0186. The Morgan fingerprint density at radius 2 is 2.00 bits per heavy atom. The second-order valence-electron chi connectivity index (χ2n) is 8.01. The summed E-state index contributed by atoms with van der Waals surface area (Å²) in [6.07, 6.45) is 3.98. The molecular formula is C22H30FNO4S. The number of carboxylic acid groups (broad SMARTS) is 1. The second-order valence-corrected chi connectivity index (χ2v) is 9.10. The molecule has 2 rings (SSSR count). The van der Waals surface area contributed by atoms with Crippen LogP contribution in [0.1, 0.15) is 32.8 Å². The van der Waals surface area contributed by atoms with Crippen molar-refractivity contribution in [1.29, 1.82) is 0 Å². The van der Waals surface area contributed by atoms with Crippen LogP contribution in [0.2, 0.25) is 0 Å². The van der Waals surface area contributed by atoms with Gasteiger partial charge in [0.25, 0.3) is 0 Å². The predicted octanol–water partition coefficient (Wildman–Crippen LogP) is 5.29. The highest BCUT2D eigenvalue weighted by atomic mass is 32.2. The third-order valence-electron chi connectivity index (χ3n) is 4.69. The fourth-order valence-corrected chi connectivity index (χ4v) is 4.15. The van der Waals surface area contributed by atoms with E-state index in [-0.39, 0.29) is 17.3 Å². The zero-order valence-corrected chi connectivity index (χ0v) is 18.3. The number of nitrogens with zero attached hydrogens (tertiary/aromatic N) is 1. The van der Waals surface area contributed by atoms with Crippen molar-refractivity contribution in [2.24, 2.45) is 5.41 Å². The number of hydrogen-bond donors (Lipinski definition) is 1. The largest absolute Gasteiger partial charge is 0.511 e. The van der Waals surface area contributed by atoms with Crippen LogP contribution in [0.15, 0.2) is 47.2 Å². The number of benzene rings is 1. The number of methoxy groups -OCH3 is 1. The van der Waals surface area contributed by atoms with E-state index in [2.05, 4.69) is 25.7 Å². The lowest BCUT2D eigenvalue weighted by molar-refractivity contribution is -0.000394. The molecule has 7 heteroatoms. The fourth-order valence-electron chi connectivity index (χ4n) is 3.09. The minimum Gasteiger partial charge on any atom is -0.449 e. The summed E-state index contributed by atoms with van der Waals surface area (Å²) in [7, 11) is 1.70. The van der Waals surface area contributed by atoms with Crippen molar-refractivity contribution >= 4 is 17.9 Å². The Morgan fingerprint density at radius 3 is 2.59 bits per heavy atom. The molecule has 0 saturated carbocycles. The Labute approximate surface area is 176 Å². The number of carbonyl (C=O) groups is 1. The van der Waals surface area contributed by atoms with Crippen LogP contribution in [0.3, 0.4) is 0 Å². The van der Waals surface area contributed by atoms with Crippen molar-refractivity contribution in [3.63, 3.8) is 0 Å². The number of thioether (sulfide) groups is 1. The van der Waals surface area contributed by atoms with Crippen molar-refractivity contribution in [3.8, 4) is 0 Å². The van der Waals surface area contributed by atoms with Gasteiger partial charge in [0.15, 0.2) is 5.76 Å². The Balaban J connectivity index is 2.06. The molecule has 0 radical (unpaired) electrons. The van der Waals surface area contributed by atoms with E-state index >= 15 is 0 Å². The van der Waals surface area contributed by atoms with Gasteiger partial charge in [-0.05, 0) is 47.8 Å². The normalized spacial score (nSPS) is 15.6. The van der Waals surface area contributed by atoms with Crippen LogP contribution in [-0.2, 0) is 15.9 Å². The molecule has 29 heavy (non-hydrogen) atoms. The Kier molecular flexibility index (Phi) is 8.59. The summed E-state index contributed by atoms with van der Waals surface area (Å²) < 4.78 is 23.7. The van der Waals surface area contributed by atoms with Crippen molar-refractivity contribution < 1.29 is 23.8 Å². The molecular weight excluding hydrogens is 393 g/mol. The summed E-state index contributed by atoms with van der Waals surface area (Å²) in [5.74, 6) is 0.899. The molecule has 0 amide bonds. The molecule has 1 aromatic rings. The second kappa shape index (κ2) is 10.7. The number of aryl methyl sites for hydroxylation is 1. The third kappa shape index (κ3) is 7.40. The standard InChI is InChI=1S/C22H30FNO4S/c1-22(2,3)19(27-4)15-24-13-5-8-18(28-21(25)26)20(24)29-14-6-7-16-9-11-17(23)12-10-16/h5,8-12,19H,6-7,13-15H2,1-4H3,(H,25,26). The summed E-state index contributed by atoms with van der Waals surface area (Å²) in [4.78, 5) is 13.2. The first-order chi connectivity index (χ1) is 13.7. The summed E-state index contributed by atoms with van der Waals surface area (Å²) in [5.41, 5.74) is 1.03. The highest BCUT2D eigenvalue weighted by Gasteiger charge is 2.29. The number of halogens is 1. The van der Waals surface area contributed by atoms with E-state index in [1.54, 1.807) is 37.1 Å². The van der Waals surface area contributed by atoms with Crippen LogP contribution >= 0.6 is 11.8 Å². The maximum atomic E-state index is 13.0. The number of ether oxygens (including phenoxy) is 2. The maximum absolute atomic E-state index is 13.0. The van der Waals surface area contributed by atoms with Gasteiger partial charge in [0, 0.05) is 20.2 Å². The molecule has 1 unspecified atom stereocenters. The Bertz CT molecular complexity index is 740. The summed E-state index contributed by atoms with van der Waals surface area (Å²) in [6, 6.07) is 6.52. The molecule has 1 aliphatic rings. The van der Waals surface area contributed by atoms with Crippen LogP contribution in [0.25, 0.3) is 0 Å². The van der Waals surface area contributed by atoms with Gasteiger partial charge in [-0.15, -0.1) is 11.8 Å². The van der Waals surface area contributed by atoms with E-state index in [4.69, 9.17) is 14.6 Å². The van der Waals surface area contributed by atoms with Gasteiger partial charge in [0.2, 0.25) is 0 Å². The van der Waals surface area contributed by atoms with E-state index < -0.39 is 6.16 Å². The molecule has 0 saturated heterocycles. The van der Waals surface area contributed by atoms with Gasteiger partial charge in [-0.3, -0.25) is 0 Å². The van der Waals surface area contributed by atoms with Gasteiger partial charge < -0.3 is 19.5 Å². The van der Waals surface area contributed by atoms with Crippen molar-refractivity contribution in [2.45, 2.75) is 39.7 Å². The molecule has 1 aromatic carbocycles. The van der Waals surface area contributed by atoms with E-state index in [1.807, 2.05) is 6.08 Å². The van der Waals surface area contributed by atoms with Gasteiger partial charge in [0.05, 0.1) is 6.10 Å². The van der Waals surface area contributed by atoms with Gasteiger partial charge in [0.1, 0.15) is 10.8 Å². The van der Waals surface area contributed by atoms with E-state index in [0.29, 0.717) is 18.8 Å². The average molecular weight is 424 g/mol. The van der Waals surface area contributed by atoms with Gasteiger partial charge in [-0.1, -0.05) is 39.0 Å². The first kappa shape index (κ1) is 23.3. The van der Waals surface area contributed by atoms with E-state index in [9.17, 15) is 9.18 Å². The first-order valence-electron chi connectivity index (χ1n) is 9.67. The molecule has 1 N–H and O–H groups in total. The molecule has 160 valence electrons. The minimum atomic E-state index is -1.32. The molecule has 1 atom stereocenters. The Hall–Kier alpha value is -1.99. The van der Waals surface area contributed by atoms with Gasteiger partial charge in [-0.25, -0.2) is 9.18 Å². The fraction of sp³-hybridized carbons (Fsp3) is 0.500. The molecule has 0 bridgehead atoms. The summed E-state index contributed by atoms with van der Waals surface area (Å²) >= 11 is 1.58. The SMILES string of the molecule is COC(CN1CC=CC(OC(=O)O)=C1SCCCc1ccc(F)cc1)C(C)(C)C. The van der Waals surface area contributed by atoms with Crippen molar-refractivity contribution in [3.05, 3.63) is 58.6 Å². The predicted molar refractivity (Wildman–Crippen MR) is 114 cm³/mol. The smallest absolute Gasteiger partial charge is 0.449 e. The lowest BCUT2D eigenvalue weighted by Crippen LogP contribution is -2.41. The molecule has 1 heterocycles. The van der Waals surface area contributed by atoms with Crippen LogP contribution in [0.5, 0.6) is 0 Å². The zero-order valence-electron chi connectivity index (χ0n) is 17.5. The quantitative estimate of drug-likeness (QED) is 0.430.